The number of amides is 1. The molecule has 7 nitrogen and oxygen atoms in total. The molecule has 1 saturated heterocycles. The Labute approximate surface area is 229 Å². The minimum atomic E-state index is -0.520. The smallest absolute Gasteiger partial charge is 0.410 e. The van der Waals surface area contributed by atoms with Crippen LogP contribution in [0.1, 0.15) is 36.8 Å². The average Bonchev–Trinajstić information content (AvgIpc) is 3.49. The van der Waals surface area contributed by atoms with Gasteiger partial charge in [0, 0.05) is 18.5 Å². The summed E-state index contributed by atoms with van der Waals surface area (Å²) in [7, 11) is 1.65. The fourth-order valence-electron chi connectivity index (χ4n) is 6.40. The lowest BCUT2D eigenvalue weighted by atomic mass is 9.67. The number of methoxy groups -OCH3 is 1. The highest BCUT2D eigenvalue weighted by atomic mass is 16.6. The van der Waals surface area contributed by atoms with E-state index in [2.05, 4.69) is 33.8 Å². The van der Waals surface area contributed by atoms with Gasteiger partial charge in [-0.3, -0.25) is 4.90 Å². The van der Waals surface area contributed by atoms with Crippen molar-refractivity contribution in [3.8, 4) is 5.75 Å². The lowest BCUT2D eigenvalue weighted by Crippen LogP contribution is -2.48. The Balaban J connectivity index is 1.23. The van der Waals surface area contributed by atoms with Crippen molar-refractivity contribution in [3.63, 3.8) is 0 Å². The normalized spacial score (nSPS) is 22.9. The predicted octanol–water partition coefficient (Wildman–Crippen LogP) is 6.21. The number of hydrogen-bond donors (Lipinski definition) is 0. The van der Waals surface area contributed by atoms with Crippen molar-refractivity contribution in [2.75, 3.05) is 20.3 Å². The van der Waals surface area contributed by atoms with Gasteiger partial charge in [-0.1, -0.05) is 54.6 Å². The summed E-state index contributed by atoms with van der Waals surface area (Å²) < 4.78 is 20.1. The Morgan fingerprint density at radius 1 is 0.949 bits per heavy atom. The molecule has 2 fully saturated rings. The number of ether oxygens (including phenoxy) is 3. The summed E-state index contributed by atoms with van der Waals surface area (Å²) in [6, 6.07) is 26.4. The fraction of sp³-hybridized carbons (Fsp3) is 0.375. The Bertz CT molecular complexity index is 1420. The summed E-state index contributed by atoms with van der Waals surface area (Å²) in [4.78, 5) is 19.6. The number of hydrogen-bond acceptors (Lipinski definition) is 5. The van der Waals surface area contributed by atoms with Gasteiger partial charge in [-0.15, -0.1) is 0 Å². The fourth-order valence-corrected chi connectivity index (χ4v) is 6.40. The molecule has 6 rings (SSSR count). The van der Waals surface area contributed by atoms with E-state index in [-0.39, 0.29) is 11.5 Å². The van der Waals surface area contributed by atoms with Crippen LogP contribution in [-0.4, -0.2) is 46.4 Å². The second-order valence-corrected chi connectivity index (χ2v) is 11.1. The quantitative estimate of drug-likeness (QED) is 0.260. The molecule has 39 heavy (non-hydrogen) atoms. The summed E-state index contributed by atoms with van der Waals surface area (Å²) in [5.74, 6) is 0.804. The van der Waals surface area contributed by atoms with Crippen LogP contribution in [0.2, 0.25) is 0 Å². The number of carbonyl (C=O) groups is 1. The van der Waals surface area contributed by atoms with E-state index >= 15 is 0 Å². The molecule has 202 valence electrons. The molecule has 1 amide bonds. The maximum Gasteiger partial charge on any atom is 0.410 e. The van der Waals surface area contributed by atoms with Gasteiger partial charge in [-0.2, -0.15) is 0 Å². The molecule has 2 atom stereocenters. The molecule has 1 spiro atoms. The van der Waals surface area contributed by atoms with Gasteiger partial charge in [0.05, 0.1) is 44.2 Å². The molecule has 0 bridgehead atoms. The van der Waals surface area contributed by atoms with Gasteiger partial charge < -0.3 is 18.8 Å². The molecule has 1 aromatic heterocycles. The first kappa shape index (κ1) is 25.4. The molecule has 2 unspecified atom stereocenters. The topological polar surface area (TPSA) is 65.8 Å². The minimum absolute atomic E-state index is 0.188. The highest BCUT2D eigenvalue weighted by Crippen LogP contribution is 2.48. The Hall–Kier alpha value is -3.84. The standard InChI is InChI=1S/C32H35N3O4/c1-37-27-14-12-25(13-15-27)18-34-22-32(39-30(34)36)17-7-16-31(20-32,23-38-19-26-8-3-2-4-9-26)21-35-24-33-28-10-5-6-11-29(28)35/h2-6,8-15,24H,7,16-23H2,1H3. The number of carbonyl (C=O) groups excluding carboxylic acids is 1. The van der Waals surface area contributed by atoms with Crippen molar-refractivity contribution in [2.45, 2.75) is 51.0 Å². The zero-order valence-electron chi connectivity index (χ0n) is 22.4. The Kier molecular flexibility index (Phi) is 7.00. The monoisotopic (exact) mass is 525 g/mol. The SMILES string of the molecule is COc1ccc(CN2CC3(CCCC(COCc4ccccc4)(Cn4cnc5ccccc54)C3)OC2=O)cc1. The van der Waals surface area contributed by atoms with Gasteiger partial charge in [0.15, 0.2) is 0 Å². The van der Waals surface area contributed by atoms with E-state index in [1.807, 2.05) is 65.8 Å². The van der Waals surface area contributed by atoms with E-state index in [4.69, 9.17) is 14.2 Å². The van der Waals surface area contributed by atoms with Crippen LogP contribution < -0.4 is 4.74 Å². The van der Waals surface area contributed by atoms with E-state index in [9.17, 15) is 4.79 Å². The van der Waals surface area contributed by atoms with Gasteiger partial charge in [-0.25, -0.2) is 9.78 Å². The minimum Gasteiger partial charge on any atom is -0.497 e. The summed E-state index contributed by atoms with van der Waals surface area (Å²) in [6.45, 7) is 3.02. The molecule has 0 N–H and O–H groups in total. The third-order valence-electron chi connectivity index (χ3n) is 8.16. The van der Waals surface area contributed by atoms with E-state index < -0.39 is 5.60 Å². The predicted molar refractivity (Wildman–Crippen MR) is 149 cm³/mol. The van der Waals surface area contributed by atoms with Crippen molar-refractivity contribution < 1.29 is 19.0 Å². The second kappa shape index (κ2) is 10.7. The molecule has 1 saturated carbocycles. The van der Waals surface area contributed by atoms with Crippen molar-refractivity contribution in [1.29, 1.82) is 0 Å². The second-order valence-electron chi connectivity index (χ2n) is 11.1. The molecule has 2 aliphatic rings. The third-order valence-corrected chi connectivity index (χ3v) is 8.16. The van der Waals surface area contributed by atoms with Crippen LogP contribution in [-0.2, 0) is 29.2 Å². The lowest BCUT2D eigenvalue weighted by molar-refractivity contribution is -0.0733. The van der Waals surface area contributed by atoms with Crippen LogP contribution in [0.4, 0.5) is 4.79 Å². The third kappa shape index (κ3) is 5.50. The van der Waals surface area contributed by atoms with Crippen molar-refractivity contribution in [3.05, 3.63) is 96.3 Å². The highest BCUT2D eigenvalue weighted by Gasteiger charge is 2.53. The van der Waals surface area contributed by atoms with Crippen LogP contribution in [0.5, 0.6) is 5.75 Å². The maximum absolute atomic E-state index is 13.1. The summed E-state index contributed by atoms with van der Waals surface area (Å²) in [6.07, 6.45) is 5.30. The number of nitrogens with zero attached hydrogens (tertiary/aromatic N) is 3. The zero-order chi connectivity index (χ0) is 26.7. The number of benzene rings is 3. The zero-order valence-corrected chi connectivity index (χ0v) is 22.4. The van der Waals surface area contributed by atoms with Crippen LogP contribution >= 0.6 is 0 Å². The summed E-state index contributed by atoms with van der Waals surface area (Å²) >= 11 is 0. The lowest BCUT2D eigenvalue weighted by Gasteiger charge is -2.45. The van der Waals surface area contributed by atoms with Gasteiger partial charge in [-0.05, 0) is 61.1 Å². The number of aromatic nitrogens is 2. The highest BCUT2D eigenvalue weighted by molar-refractivity contribution is 5.75. The number of rotatable bonds is 9. The Morgan fingerprint density at radius 2 is 1.74 bits per heavy atom. The van der Waals surface area contributed by atoms with E-state index in [0.29, 0.717) is 26.3 Å². The van der Waals surface area contributed by atoms with Crippen LogP contribution in [0, 0.1) is 5.41 Å². The molecular formula is C32H35N3O4. The molecule has 0 radical (unpaired) electrons. The molecule has 2 heterocycles. The number of fused-ring (bicyclic) bond motifs is 1. The number of para-hydroxylation sites is 2. The molecule has 1 aliphatic heterocycles. The van der Waals surface area contributed by atoms with E-state index in [1.165, 1.54) is 0 Å². The molecule has 1 aliphatic carbocycles. The van der Waals surface area contributed by atoms with Gasteiger partial charge in [0.1, 0.15) is 11.4 Å². The maximum atomic E-state index is 13.1. The van der Waals surface area contributed by atoms with Crippen molar-refractivity contribution in [1.82, 2.24) is 14.5 Å². The Morgan fingerprint density at radius 3 is 2.56 bits per heavy atom. The summed E-state index contributed by atoms with van der Waals surface area (Å²) in [5.41, 5.74) is 3.61. The average molecular weight is 526 g/mol. The first-order valence-corrected chi connectivity index (χ1v) is 13.7. The van der Waals surface area contributed by atoms with Gasteiger partial charge in [0.2, 0.25) is 0 Å². The largest absolute Gasteiger partial charge is 0.497 e. The number of imidazole rings is 1. The van der Waals surface area contributed by atoms with Crippen molar-refractivity contribution in [2.24, 2.45) is 5.41 Å². The van der Waals surface area contributed by atoms with Gasteiger partial charge >= 0.3 is 6.09 Å². The van der Waals surface area contributed by atoms with Crippen LogP contribution in [0.3, 0.4) is 0 Å². The van der Waals surface area contributed by atoms with Gasteiger partial charge in [0.25, 0.3) is 0 Å². The molecular weight excluding hydrogens is 490 g/mol. The first-order chi connectivity index (χ1) is 19.1. The van der Waals surface area contributed by atoms with E-state index in [1.54, 1.807) is 7.11 Å². The first-order valence-electron chi connectivity index (χ1n) is 13.7. The molecule has 4 aromatic rings. The molecule has 7 heteroatoms. The molecule has 3 aromatic carbocycles. The van der Waals surface area contributed by atoms with Crippen LogP contribution in [0.15, 0.2) is 85.2 Å². The summed E-state index contributed by atoms with van der Waals surface area (Å²) in [5, 5.41) is 0. The van der Waals surface area contributed by atoms with Crippen molar-refractivity contribution >= 4 is 17.1 Å². The van der Waals surface area contributed by atoms with E-state index in [0.717, 1.165) is 60.1 Å². The van der Waals surface area contributed by atoms with Crippen LogP contribution in [0.25, 0.3) is 11.0 Å².